The number of benzene rings is 1. The maximum absolute atomic E-state index is 13.4. The average Bonchev–Trinajstić information content (AvgIpc) is 2.97. The van der Waals surface area contributed by atoms with E-state index in [1.165, 1.54) is 18.4 Å². The molecule has 1 aromatic carbocycles. The molecule has 0 aliphatic carbocycles. The summed E-state index contributed by atoms with van der Waals surface area (Å²) >= 11 is 0. The molecule has 0 fully saturated rings. The maximum Gasteiger partial charge on any atom is 0.406 e. The first-order valence-corrected chi connectivity index (χ1v) is 6.69. The molecule has 1 amide bonds. The van der Waals surface area contributed by atoms with Crippen LogP contribution >= 0.6 is 0 Å². The van der Waals surface area contributed by atoms with E-state index in [0.29, 0.717) is 11.0 Å². The fourth-order valence-electron chi connectivity index (χ4n) is 1.86. The normalized spacial score (nSPS) is 11.4. The van der Waals surface area contributed by atoms with Crippen LogP contribution in [0.25, 0.3) is 0 Å². The quantitative estimate of drug-likeness (QED) is 0.750. The van der Waals surface area contributed by atoms with Gasteiger partial charge in [-0.2, -0.15) is 13.2 Å². The molecule has 2 rings (SSSR count). The molecule has 0 radical (unpaired) electrons. The molecule has 0 saturated carbocycles. The smallest absolute Gasteiger partial charge is 0.406 e. The number of nitrogens with zero attached hydrogens (tertiary/aromatic N) is 1. The highest BCUT2D eigenvalue weighted by molar-refractivity contribution is 5.77. The van der Waals surface area contributed by atoms with Crippen LogP contribution < -0.4 is 4.74 Å². The van der Waals surface area contributed by atoms with E-state index >= 15 is 0 Å². The third-order valence-electron chi connectivity index (χ3n) is 2.89. The standard InChI is InChI=1S/C15H12F5NO3/c16-10-3-4-13(12(17)6-10)24-8-14(22)21(9-15(18,19)20)7-11-2-1-5-23-11/h1-6H,7-9H2. The van der Waals surface area contributed by atoms with Gasteiger partial charge >= 0.3 is 6.18 Å². The lowest BCUT2D eigenvalue weighted by atomic mass is 10.3. The van der Waals surface area contributed by atoms with Crippen molar-refractivity contribution in [2.75, 3.05) is 13.2 Å². The van der Waals surface area contributed by atoms with Crippen molar-refractivity contribution in [2.45, 2.75) is 12.7 Å². The summed E-state index contributed by atoms with van der Waals surface area (Å²) in [5, 5.41) is 0. The van der Waals surface area contributed by atoms with Crippen LogP contribution in [0, 0.1) is 11.6 Å². The monoisotopic (exact) mass is 349 g/mol. The van der Waals surface area contributed by atoms with Crippen LogP contribution in [0.2, 0.25) is 0 Å². The van der Waals surface area contributed by atoms with Gasteiger partial charge in [-0.05, 0) is 24.3 Å². The first-order chi connectivity index (χ1) is 11.2. The highest BCUT2D eigenvalue weighted by atomic mass is 19.4. The molecule has 0 unspecified atom stereocenters. The summed E-state index contributed by atoms with van der Waals surface area (Å²) in [6, 6.07) is 5.26. The predicted octanol–water partition coefficient (Wildman–Crippen LogP) is 3.53. The number of amides is 1. The molecule has 9 heteroatoms. The van der Waals surface area contributed by atoms with Crippen molar-refractivity contribution in [1.82, 2.24) is 4.90 Å². The molecular weight excluding hydrogens is 337 g/mol. The fourth-order valence-corrected chi connectivity index (χ4v) is 1.86. The van der Waals surface area contributed by atoms with Gasteiger partial charge in [0.1, 0.15) is 18.1 Å². The third kappa shape index (κ3) is 5.25. The van der Waals surface area contributed by atoms with Crippen molar-refractivity contribution >= 4 is 5.91 Å². The number of alkyl halides is 3. The summed E-state index contributed by atoms with van der Waals surface area (Å²) in [6.45, 7) is -2.76. The van der Waals surface area contributed by atoms with Gasteiger partial charge in [0, 0.05) is 6.07 Å². The number of hydrogen-bond donors (Lipinski definition) is 0. The molecule has 1 heterocycles. The van der Waals surface area contributed by atoms with Gasteiger partial charge < -0.3 is 14.1 Å². The van der Waals surface area contributed by atoms with E-state index in [0.717, 1.165) is 12.1 Å². The van der Waals surface area contributed by atoms with E-state index < -0.39 is 49.2 Å². The molecule has 1 aromatic heterocycles. The number of hydrogen-bond acceptors (Lipinski definition) is 3. The molecular formula is C15H12F5NO3. The zero-order chi connectivity index (χ0) is 17.7. The number of rotatable bonds is 6. The van der Waals surface area contributed by atoms with Gasteiger partial charge in [0.05, 0.1) is 12.8 Å². The predicted molar refractivity (Wildman–Crippen MR) is 72.0 cm³/mol. The summed E-state index contributed by atoms with van der Waals surface area (Å²) < 4.78 is 73.7. The number of carbonyl (C=O) groups is 1. The molecule has 0 aliphatic heterocycles. The van der Waals surface area contributed by atoms with Crippen LogP contribution in [0.15, 0.2) is 41.0 Å². The zero-order valence-corrected chi connectivity index (χ0v) is 12.1. The van der Waals surface area contributed by atoms with Crippen LogP contribution in [0.4, 0.5) is 22.0 Å². The Labute approximate surface area is 133 Å². The molecule has 0 N–H and O–H groups in total. The van der Waals surface area contributed by atoms with Crippen molar-refractivity contribution in [3.63, 3.8) is 0 Å². The Morgan fingerprint density at radius 2 is 1.96 bits per heavy atom. The molecule has 0 bridgehead atoms. The number of halogens is 5. The van der Waals surface area contributed by atoms with Gasteiger partial charge in [0.15, 0.2) is 18.2 Å². The van der Waals surface area contributed by atoms with Crippen LogP contribution in [0.3, 0.4) is 0 Å². The highest BCUT2D eigenvalue weighted by Gasteiger charge is 2.33. The van der Waals surface area contributed by atoms with E-state index in [-0.39, 0.29) is 5.76 Å². The Balaban J connectivity index is 2.03. The second kappa shape index (κ2) is 7.33. The van der Waals surface area contributed by atoms with Crippen molar-refractivity contribution in [3.05, 3.63) is 54.0 Å². The number of ether oxygens (including phenoxy) is 1. The summed E-state index contributed by atoms with van der Waals surface area (Å²) in [5.41, 5.74) is 0. The van der Waals surface area contributed by atoms with Crippen LogP contribution in [0.5, 0.6) is 5.75 Å². The van der Waals surface area contributed by atoms with Gasteiger partial charge in [-0.3, -0.25) is 4.79 Å². The van der Waals surface area contributed by atoms with Crippen LogP contribution in [-0.2, 0) is 11.3 Å². The molecule has 0 saturated heterocycles. The maximum atomic E-state index is 13.4. The van der Waals surface area contributed by atoms with E-state index in [1.54, 1.807) is 0 Å². The average molecular weight is 349 g/mol. The summed E-state index contributed by atoms with van der Waals surface area (Å²) in [7, 11) is 0. The van der Waals surface area contributed by atoms with E-state index in [2.05, 4.69) is 0 Å². The molecule has 24 heavy (non-hydrogen) atoms. The third-order valence-corrected chi connectivity index (χ3v) is 2.89. The van der Waals surface area contributed by atoms with E-state index in [9.17, 15) is 26.7 Å². The molecule has 4 nitrogen and oxygen atoms in total. The molecule has 0 spiro atoms. The van der Waals surface area contributed by atoms with Crippen LogP contribution in [0.1, 0.15) is 5.76 Å². The number of furan rings is 1. The Morgan fingerprint density at radius 1 is 1.21 bits per heavy atom. The lowest BCUT2D eigenvalue weighted by Gasteiger charge is -2.23. The molecule has 2 aromatic rings. The van der Waals surface area contributed by atoms with E-state index in [1.807, 2.05) is 0 Å². The largest absolute Gasteiger partial charge is 0.481 e. The summed E-state index contributed by atoms with van der Waals surface area (Å²) in [6.07, 6.45) is -3.36. The Kier molecular flexibility index (Phi) is 5.42. The van der Waals surface area contributed by atoms with Crippen molar-refractivity contribution in [3.8, 4) is 5.75 Å². The minimum atomic E-state index is -4.62. The SMILES string of the molecule is O=C(COc1ccc(F)cc1F)N(Cc1ccco1)CC(F)(F)F. The van der Waals surface area contributed by atoms with Crippen molar-refractivity contribution in [2.24, 2.45) is 0 Å². The lowest BCUT2D eigenvalue weighted by Crippen LogP contribution is -2.40. The minimum absolute atomic E-state index is 0.153. The summed E-state index contributed by atoms with van der Waals surface area (Å²) in [4.78, 5) is 12.4. The Bertz CT molecular complexity index is 685. The van der Waals surface area contributed by atoms with Crippen molar-refractivity contribution < 1.29 is 35.9 Å². The van der Waals surface area contributed by atoms with Gasteiger partial charge in [0.25, 0.3) is 5.91 Å². The second-order valence-corrected chi connectivity index (χ2v) is 4.81. The molecule has 130 valence electrons. The highest BCUT2D eigenvalue weighted by Crippen LogP contribution is 2.20. The van der Waals surface area contributed by atoms with Gasteiger partial charge in [-0.15, -0.1) is 0 Å². The fraction of sp³-hybridized carbons (Fsp3) is 0.267. The minimum Gasteiger partial charge on any atom is -0.481 e. The van der Waals surface area contributed by atoms with Gasteiger partial charge in [-0.1, -0.05) is 0 Å². The lowest BCUT2D eigenvalue weighted by molar-refractivity contribution is -0.164. The zero-order valence-electron chi connectivity index (χ0n) is 12.1. The first-order valence-electron chi connectivity index (χ1n) is 6.69. The van der Waals surface area contributed by atoms with E-state index in [4.69, 9.17) is 9.15 Å². The Morgan fingerprint density at radius 3 is 2.54 bits per heavy atom. The molecule has 0 aliphatic rings. The van der Waals surface area contributed by atoms with Gasteiger partial charge in [0.2, 0.25) is 0 Å². The topological polar surface area (TPSA) is 42.7 Å². The second-order valence-electron chi connectivity index (χ2n) is 4.81. The van der Waals surface area contributed by atoms with Crippen molar-refractivity contribution in [1.29, 1.82) is 0 Å². The summed E-state index contributed by atoms with van der Waals surface area (Å²) in [5.74, 6) is -3.21. The number of carbonyl (C=O) groups excluding carboxylic acids is 1. The molecule has 0 atom stereocenters. The van der Waals surface area contributed by atoms with Gasteiger partial charge in [-0.25, -0.2) is 8.78 Å². The first kappa shape index (κ1) is 17.8. The Hall–Kier alpha value is -2.58. The van der Waals surface area contributed by atoms with Crippen LogP contribution in [-0.4, -0.2) is 30.1 Å².